The van der Waals surface area contributed by atoms with E-state index < -0.39 is 0 Å². The van der Waals surface area contributed by atoms with E-state index in [0.717, 1.165) is 24.9 Å². The smallest absolute Gasteiger partial charge is 0.120 e. The van der Waals surface area contributed by atoms with Crippen molar-refractivity contribution in [2.45, 2.75) is 33.2 Å². The van der Waals surface area contributed by atoms with Gasteiger partial charge in [0.25, 0.3) is 0 Å². The van der Waals surface area contributed by atoms with Gasteiger partial charge in [0.2, 0.25) is 0 Å². The Morgan fingerprint density at radius 2 is 2.38 bits per heavy atom. The maximum Gasteiger partial charge on any atom is 0.120 e. The van der Waals surface area contributed by atoms with E-state index in [9.17, 15) is 4.79 Å². The highest BCUT2D eigenvalue weighted by Gasteiger charge is 2.03. The van der Waals surface area contributed by atoms with Crippen molar-refractivity contribution in [1.82, 2.24) is 9.78 Å². The second-order valence-electron chi connectivity index (χ2n) is 3.60. The molecule has 0 radical (unpaired) electrons. The molecule has 0 amide bonds. The van der Waals surface area contributed by atoms with Crippen LogP contribution >= 0.6 is 0 Å². The van der Waals surface area contributed by atoms with Crippen LogP contribution in [0.5, 0.6) is 0 Å². The van der Waals surface area contributed by atoms with Crippen LogP contribution in [-0.2, 0) is 17.8 Å². The van der Waals surface area contributed by atoms with Crippen LogP contribution in [0.4, 0.5) is 0 Å². The Morgan fingerprint density at radius 3 is 3.00 bits per heavy atom. The lowest BCUT2D eigenvalue weighted by Crippen LogP contribution is -2.09. The number of hydrogen-bond acceptors (Lipinski definition) is 2. The molecule has 0 N–H and O–H groups in total. The monoisotopic (exact) mass is 180 g/mol. The van der Waals surface area contributed by atoms with Gasteiger partial charge in [-0.2, -0.15) is 5.10 Å². The topological polar surface area (TPSA) is 34.9 Å². The minimum absolute atomic E-state index is 0.587. The maximum absolute atomic E-state index is 10.2. The summed E-state index contributed by atoms with van der Waals surface area (Å²) >= 11 is 0. The Kier molecular flexibility index (Phi) is 3.68. The molecule has 72 valence electrons. The minimum atomic E-state index is 0.587. The van der Waals surface area contributed by atoms with Crippen LogP contribution in [0, 0.1) is 5.92 Å². The number of carbonyl (C=O) groups is 1. The molecule has 0 unspecified atom stereocenters. The average molecular weight is 180 g/mol. The SMILES string of the molecule is CC(C)Cn1nccc1CCC=O. The third-order valence-corrected chi connectivity index (χ3v) is 1.86. The molecule has 0 bridgehead atoms. The van der Waals surface area contributed by atoms with Crippen LogP contribution in [-0.4, -0.2) is 16.1 Å². The average Bonchev–Trinajstić information content (AvgIpc) is 2.48. The van der Waals surface area contributed by atoms with Crippen LogP contribution in [0.15, 0.2) is 12.3 Å². The Balaban J connectivity index is 2.59. The zero-order valence-electron chi connectivity index (χ0n) is 8.23. The third-order valence-electron chi connectivity index (χ3n) is 1.86. The lowest BCUT2D eigenvalue weighted by atomic mass is 10.2. The Bertz CT molecular complexity index is 266. The molecular weight excluding hydrogens is 164 g/mol. The lowest BCUT2D eigenvalue weighted by molar-refractivity contribution is -0.107. The fourth-order valence-electron chi connectivity index (χ4n) is 1.29. The van der Waals surface area contributed by atoms with Gasteiger partial charge >= 0.3 is 0 Å². The van der Waals surface area contributed by atoms with Gasteiger partial charge in [-0.25, -0.2) is 0 Å². The van der Waals surface area contributed by atoms with Crippen molar-refractivity contribution in [2.24, 2.45) is 5.92 Å². The second-order valence-corrected chi connectivity index (χ2v) is 3.60. The van der Waals surface area contributed by atoms with Crippen LogP contribution in [0.25, 0.3) is 0 Å². The Hall–Kier alpha value is -1.12. The highest BCUT2D eigenvalue weighted by Crippen LogP contribution is 2.05. The van der Waals surface area contributed by atoms with Gasteiger partial charge in [0, 0.05) is 24.9 Å². The van der Waals surface area contributed by atoms with E-state index in [1.54, 1.807) is 6.20 Å². The fraction of sp³-hybridized carbons (Fsp3) is 0.600. The van der Waals surface area contributed by atoms with Crippen LogP contribution < -0.4 is 0 Å². The quantitative estimate of drug-likeness (QED) is 0.646. The summed E-state index contributed by atoms with van der Waals surface area (Å²) in [6, 6.07) is 1.98. The van der Waals surface area contributed by atoms with Gasteiger partial charge in [-0.3, -0.25) is 4.68 Å². The summed E-state index contributed by atoms with van der Waals surface area (Å²) < 4.78 is 1.98. The van der Waals surface area contributed by atoms with Crippen LogP contribution in [0.2, 0.25) is 0 Å². The van der Waals surface area contributed by atoms with Crippen molar-refractivity contribution < 1.29 is 4.79 Å². The predicted molar refractivity (Wildman–Crippen MR) is 51.5 cm³/mol. The van der Waals surface area contributed by atoms with E-state index in [1.807, 2.05) is 10.7 Å². The molecule has 3 heteroatoms. The van der Waals surface area contributed by atoms with Crippen molar-refractivity contribution in [2.75, 3.05) is 0 Å². The number of aryl methyl sites for hydroxylation is 1. The number of aromatic nitrogens is 2. The van der Waals surface area contributed by atoms with Gasteiger partial charge in [0.1, 0.15) is 6.29 Å². The summed E-state index contributed by atoms with van der Waals surface area (Å²) in [6.07, 6.45) is 4.13. The van der Waals surface area contributed by atoms with Gasteiger partial charge in [-0.15, -0.1) is 0 Å². The summed E-state index contributed by atoms with van der Waals surface area (Å²) in [5, 5.41) is 4.21. The first-order valence-corrected chi connectivity index (χ1v) is 4.68. The van der Waals surface area contributed by atoms with Crippen molar-refractivity contribution >= 4 is 6.29 Å². The molecule has 0 aromatic carbocycles. The van der Waals surface area contributed by atoms with E-state index in [4.69, 9.17) is 0 Å². The predicted octanol–water partition coefficient (Wildman–Crippen LogP) is 1.67. The molecule has 1 aromatic rings. The molecule has 13 heavy (non-hydrogen) atoms. The van der Waals surface area contributed by atoms with Gasteiger partial charge in [-0.05, 0) is 18.4 Å². The first kappa shape index (κ1) is 9.96. The summed E-state index contributed by atoms with van der Waals surface area (Å²) in [6.45, 7) is 5.25. The molecule has 1 aromatic heterocycles. The van der Waals surface area contributed by atoms with Gasteiger partial charge in [0.15, 0.2) is 0 Å². The minimum Gasteiger partial charge on any atom is -0.303 e. The van der Waals surface area contributed by atoms with Crippen molar-refractivity contribution in [1.29, 1.82) is 0 Å². The van der Waals surface area contributed by atoms with Crippen LogP contribution in [0.3, 0.4) is 0 Å². The highest BCUT2D eigenvalue weighted by molar-refractivity contribution is 5.49. The van der Waals surface area contributed by atoms with Crippen LogP contribution in [0.1, 0.15) is 26.0 Å². The normalized spacial score (nSPS) is 10.7. The van der Waals surface area contributed by atoms with Crippen molar-refractivity contribution in [3.05, 3.63) is 18.0 Å². The van der Waals surface area contributed by atoms with Gasteiger partial charge < -0.3 is 4.79 Å². The largest absolute Gasteiger partial charge is 0.303 e. The lowest BCUT2D eigenvalue weighted by Gasteiger charge is -2.08. The molecule has 0 saturated carbocycles. The Labute approximate surface area is 78.8 Å². The van der Waals surface area contributed by atoms with E-state index >= 15 is 0 Å². The summed E-state index contributed by atoms with van der Waals surface area (Å²) in [4.78, 5) is 10.2. The zero-order valence-corrected chi connectivity index (χ0v) is 8.23. The number of rotatable bonds is 5. The number of carbonyl (C=O) groups excluding carboxylic acids is 1. The van der Waals surface area contributed by atoms with E-state index in [2.05, 4.69) is 18.9 Å². The molecule has 0 atom stereocenters. The second kappa shape index (κ2) is 4.80. The molecule has 1 rings (SSSR count). The van der Waals surface area contributed by atoms with E-state index in [0.29, 0.717) is 12.3 Å². The highest BCUT2D eigenvalue weighted by atomic mass is 16.1. The number of nitrogens with zero attached hydrogens (tertiary/aromatic N) is 2. The van der Waals surface area contributed by atoms with E-state index in [-0.39, 0.29) is 0 Å². The number of hydrogen-bond donors (Lipinski definition) is 0. The molecule has 3 nitrogen and oxygen atoms in total. The summed E-state index contributed by atoms with van der Waals surface area (Å²) in [5.74, 6) is 0.592. The molecule has 1 heterocycles. The standard InChI is InChI=1S/C10H16N2O/c1-9(2)8-12-10(4-3-7-13)5-6-11-12/h5-7,9H,3-4,8H2,1-2H3. The molecular formula is C10H16N2O. The summed E-state index contributed by atoms with van der Waals surface area (Å²) in [5.41, 5.74) is 1.15. The number of aldehydes is 1. The van der Waals surface area contributed by atoms with Gasteiger partial charge in [0.05, 0.1) is 0 Å². The molecule has 0 spiro atoms. The molecule has 0 aliphatic carbocycles. The zero-order chi connectivity index (χ0) is 9.68. The van der Waals surface area contributed by atoms with Gasteiger partial charge in [-0.1, -0.05) is 13.8 Å². The first-order valence-electron chi connectivity index (χ1n) is 4.68. The summed E-state index contributed by atoms with van der Waals surface area (Å²) in [7, 11) is 0. The molecule has 0 aliphatic rings. The van der Waals surface area contributed by atoms with E-state index in [1.165, 1.54) is 0 Å². The molecule has 0 fully saturated rings. The van der Waals surface area contributed by atoms with Crippen molar-refractivity contribution in [3.8, 4) is 0 Å². The molecule has 0 saturated heterocycles. The fourth-order valence-corrected chi connectivity index (χ4v) is 1.29. The first-order chi connectivity index (χ1) is 6.24. The maximum atomic E-state index is 10.2. The third kappa shape index (κ3) is 3.01. The Morgan fingerprint density at radius 1 is 1.62 bits per heavy atom. The molecule has 0 aliphatic heterocycles. The van der Waals surface area contributed by atoms with Crippen molar-refractivity contribution in [3.63, 3.8) is 0 Å².